The van der Waals surface area contributed by atoms with Gasteiger partial charge in [-0.15, -0.1) is 0 Å². The Kier molecular flexibility index (Phi) is 5.40. The zero-order valence-corrected chi connectivity index (χ0v) is 23.4. The number of hydrogen-bond acceptors (Lipinski definition) is 2. The quantitative estimate of drug-likeness (QED) is 0.214. The van der Waals surface area contributed by atoms with Crippen molar-refractivity contribution >= 4 is 43.9 Å². The Labute approximate surface area is 232 Å². The van der Waals surface area contributed by atoms with E-state index in [1.165, 1.54) is 5.56 Å². The van der Waals surface area contributed by atoms with Crippen molar-refractivity contribution in [2.24, 2.45) is 12.5 Å². The molecule has 0 fully saturated rings. The van der Waals surface area contributed by atoms with E-state index in [1.54, 1.807) is 6.07 Å². The van der Waals surface area contributed by atoms with Crippen LogP contribution < -0.4 is 4.57 Å². The van der Waals surface area contributed by atoms with Gasteiger partial charge in [-0.2, -0.15) is 0 Å². The first-order valence-corrected chi connectivity index (χ1v) is 13.7. The van der Waals surface area contributed by atoms with Gasteiger partial charge in [-0.1, -0.05) is 57.2 Å². The average molecular weight is 529 g/mol. The van der Waals surface area contributed by atoms with Crippen LogP contribution in [0.15, 0.2) is 93.9 Å². The highest BCUT2D eigenvalue weighted by atomic mass is 19.1. The van der Waals surface area contributed by atoms with Crippen molar-refractivity contribution in [3.63, 3.8) is 0 Å². The Balaban J connectivity index is 1.49. The summed E-state index contributed by atoms with van der Waals surface area (Å²) in [5.74, 6) is -0.310. The molecule has 3 heterocycles. The summed E-state index contributed by atoms with van der Waals surface area (Å²) in [4.78, 5) is 0. The van der Waals surface area contributed by atoms with Crippen LogP contribution in [0.1, 0.15) is 31.9 Å². The molecule has 198 valence electrons. The van der Waals surface area contributed by atoms with Gasteiger partial charge in [-0.05, 0) is 65.8 Å². The van der Waals surface area contributed by atoms with E-state index in [0.717, 1.165) is 67.1 Å². The SMILES string of the molecule is Cc1ccc2c(oc3c(-c4ccc5oc6ccccc6c5c4)c(F)ccc32)c1-c1cc(CC(C)(C)C)cc[n+]1C. The molecule has 7 rings (SSSR count). The molecular formula is C36H31FNO2+. The Morgan fingerprint density at radius 2 is 1.45 bits per heavy atom. The number of fused-ring (bicyclic) bond motifs is 6. The second-order valence-electron chi connectivity index (χ2n) is 12.1. The van der Waals surface area contributed by atoms with Gasteiger partial charge in [0.25, 0.3) is 0 Å². The van der Waals surface area contributed by atoms with Crippen LogP contribution in [0.25, 0.3) is 66.3 Å². The van der Waals surface area contributed by atoms with E-state index in [9.17, 15) is 0 Å². The summed E-state index contributed by atoms with van der Waals surface area (Å²) in [5.41, 5.74) is 8.85. The number of benzene rings is 4. The van der Waals surface area contributed by atoms with Crippen LogP contribution in [0.4, 0.5) is 4.39 Å². The fourth-order valence-electron chi connectivity index (χ4n) is 6.03. The molecule has 0 unspecified atom stereocenters. The third kappa shape index (κ3) is 3.90. The van der Waals surface area contributed by atoms with Gasteiger partial charge in [-0.25, -0.2) is 8.96 Å². The Morgan fingerprint density at radius 1 is 0.725 bits per heavy atom. The van der Waals surface area contributed by atoms with Crippen LogP contribution in [-0.2, 0) is 13.5 Å². The topological polar surface area (TPSA) is 30.2 Å². The third-order valence-electron chi connectivity index (χ3n) is 7.84. The van der Waals surface area contributed by atoms with Crippen molar-refractivity contribution in [3.8, 4) is 22.4 Å². The molecule has 0 saturated heterocycles. The zero-order chi connectivity index (χ0) is 27.8. The predicted octanol–water partition coefficient (Wildman–Crippen LogP) is 9.68. The lowest BCUT2D eigenvalue weighted by atomic mass is 9.88. The molecule has 0 bridgehead atoms. The minimum Gasteiger partial charge on any atom is -0.456 e. The molecule has 40 heavy (non-hydrogen) atoms. The number of aryl methyl sites for hydroxylation is 2. The van der Waals surface area contributed by atoms with Crippen LogP contribution in [0.5, 0.6) is 0 Å². The first-order valence-electron chi connectivity index (χ1n) is 13.7. The lowest BCUT2D eigenvalue weighted by Gasteiger charge is -2.18. The largest absolute Gasteiger partial charge is 0.456 e. The first-order chi connectivity index (χ1) is 19.2. The number of nitrogens with zero attached hydrogens (tertiary/aromatic N) is 1. The molecular weight excluding hydrogens is 497 g/mol. The molecule has 0 amide bonds. The Morgan fingerprint density at radius 3 is 2.25 bits per heavy atom. The summed E-state index contributed by atoms with van der Waals surface area (Å²) >= 11 is 0. The second-order valence-corrected chi connectivity index (χ2v) is 12.1. The Bertz CT molecular complexity index is 2110. The molecule has 0 radical (unpaired) electrons. The van der Waals surface area contributed by atoms with E-state index in [0.29, 0.717) is 11.1 Å². The van der Waals surface area contributed by atoms with Crippen molar-refractivity contribution in [2.45, 2.75) is 34.1 Å². The maximum atomic E-state index is 15.7. The fraction of sp³-hybridized carbons (Fsp3) is 0.194. The molecule has 0 aliphatic rings. The van der Waals surface area contributed by atoms with Crippen molar-refractivity contribution in [1.29, 1.82) is 0 Å². The van der Waals surface area contributed by atoms with Crippen molar-refractivity contribution in [3.05, 3.63) is 102 Å². The number of furan rings is 2. The van der Waals surface area contributed by atoms with Crippen molar-refractivity contribution < 1.29 is 17.8 Å². The molecule has 3 nitrogen and oxygen atoms in total. The van der Waals surface area contributed by atoms with E-state index in [1.807, 2.05) is 48.5 Å². The van der Waals surface area contributed by atoms with Gasteiger partial charge in [0.05, 0.1) is 11.1 Å². The van der Waals surface area contributed by atoms with Crippen molar-refractivity contribution in [1.82, 2.24) is 0 Å². The molecule has 0 N–H and O–H groups in total. The summed E-state index contributed by atoms with van der Waals surface area (Å²) in [6.45, 7) is 8.87. The second kappa shape index (κ2) is 8.79. The molecule has 0 aliphatic heterocycles. The molecule has 3 aromatic heterocycles. The number of hydrogen-bond donors (Lipinski definition) is 0. The number of para-hydroxylation sites is 1. The number of rotatable bonds is 3. The van der Waals surface area contributed by atoms with Gasteiger partial charge in [0.15, 0.2) is 6.20 Å². The summed E-state index contributed by atoms with van der Waals surface area (Å²) in [5, 5.41) is 3.85. The summed E-state index contributed by atoms with van der Waals surface area (Å²) in [7, 11) is 2.06. The lowest BCUT2D eigenvalue weighted by molar-refractivity contribution is -0.660. The van der Waals surface area contributed by atoms with Crippen LogP contribution in [-0.4, -0.2) is 0 Å². The van der Waals surface area contributed by atoms with Crippen LogP contribution in [0.3, 0.4) is 0 Å². The van der Waals surface area contributed by atoms with E-state index in [2.05, 4.69) is 69.8 Å². The predicted molar refractivity (Wildman–Crippen MR) is 161 cm³/mol. The third-order valence-corrected chi connectivity index (χ3v) is 7.84. The Hall–Kier alpha value is -4.44. The first kappa shape index (κ1) is 24.6. The molecule has 4 aromatic carbocycles. The number of pyridine rings is 1. The fourth-order valence-corrected chi connectivity index (χ4v) is 6.03. The minimum absolute atomic E-state index is 0.172. The molecule has 7 aromatic rings. The smallest absolute Gasteiger partial charge is 0.216 e. The minimum atomic E-state index is -0.310. The monoisotopic (exact) mass is 528 g/mol. The summed E-state index contributed by atoms with van der Waals surface area (Å²) < 4.78 is 30.5. The number of aromatic nitrogens is 1. The van der Waals surface area contributed by atoms with E-state index >= 15 is 4.39 Å². The molecule has 0 spiro atoms. The molecule has 4 heteroatoms. The van der Waals surface area contributed by atoms with Crippen LogP contribution >= 0.6 is 0 Å². The lowest BCUT2D eigenvalue weighted by Crippen LogP contribution is -2.31. The van der Waals surface area contributed by atoms with E-state index in [-0.39, 0.29) is 11.2 Å². The van der Waals surface area contributed by atoms with Gasteiger partial charge in [0.2, 0.25) is 5.69 Å². The highest BCUT2D eigenvalue weighted by Crippen LogP contribution is 2.43. The standard InChI is InChI=1S/C36H31FNO2/c1-21-10-12-25-26-13-14-28(37)33(23-11-15-31-27(19-23)24-8-6-7-9-30(24)39-31)35(26)40-34(25)32(21)29-18-22(16-17-38(29)5)20-36(2,3)4/h6-19H,20H2,1-5H3/q+1. The van der Waals surface area contributed by atoms with Crippen LogP contribution in [0, 0.1) is 18.2 Å². The molecule has 0 atom stereocenters. The van der Waals surface area contributed by atoms with Crippen LogP contribution in [0.2, 0.25) is 0 Å². The van der Waals surface area contributed by atoms with E-state index < -0.39 is 0 Å². The van der Waals surface area contributed by atoms with Crippen molar-refractivity contribution in [2.75, 3.05) is 0 Å². The maximum absolute atomic E-state index is 15.7. The molecule has 0 aliphatic carbocycles. The highest BCUT2D eigenvalue weighted by molar-refractivity contribution is 6.14. The van der Waals surface area contributed by atoms with Gasteiger partial charge < -0.3 is 8.83 Å². The summed E-state index contributed by atoms with van der Waals surface area (Å²) in [6, 6.07) is 25.8. The molecule has 0 saturated carbocycles. The van der Waals surface area contributed by atoms with Gasteiger partial charge in [-0.3, -0.25) is 0 Å². The maximum Gasteiger partial charge on any atom is 0.216 e. The van der Waals surface area contributed by atoms with E-state index in [4.69, 9.17) is 8.83 Å². The average Bonchev–Trinajstić information content (AvgIpc) is 3.47. The number of halogens is 1. The highest BCUT2D eigenvalue weighted by Gasteiger charge is 2.24. The van der Waals surface area contributed by atoms with Gasteiger partial charge in [0.1, 0.15) is 35.2 Å². The van der Waals surface area contributed by atoms with Gasteiger partial charge in [0, 0.05) is 33.7 Å². The normalized spacial score (nSPS) is 12.3. The summed E-state index contributed by atoms with van der Waals surface area (Å²) in [6.07, 6.45) is 3.09. The van der Waals surface area contributed by atoms with Gasteiger partial charge >= 0.3 is 0 Å². The zero-order valence-electron chi connectivity index (χ0n) is 23.4.